The third-order valence-electron chi connectivity index (χ3n) is 3.22. The molecule has 0 unspecified atom stereocenters. The molecule has 0 spiro atoms. The van der Waals surface area contributed by atoms with Gasteiger partial charge in [0.15, 0.2) is 25.0 Å². The Morgan fingerprint density at radius 1 is 0.429 bits per heavy atom. The van der Waals surface area contributed by atoms with Crippen molar-refractivity contribution in [2.45, 2.75) is 91.8 Å². The first-order valence-electron chi connectivity index (χ1n) is 10.5. The van der Waals surface area contributed by atoms with Crippen LogP contribution in [0, 0.1) is 0 Å². The smallest absolute Gasteiger partial charge is 0.417 e. The second kappa shape index (κ2) is 11.5. The van der Waals surface area contributed by atoms with Crippen molar-refractivity contribution in [2.75, 3.05) is 19.8 Å². The Morgan fingerprint density at radius 2 is 0.679 bits per heavy atom. The maximum atomic E-state index is 6.77. The molecule has 0 aromatic heterocycles. The first-order chi connectivity index (χ1) is 12.5. The summed E-state index contributed by atoms with van der Waals surface area (Å²) >= 11 is 0. The van der Waals surface area contributed by atoms with Gasteiger partial charge in [-0.15, -0.1) is 0 Å². The van der Waals surface area contributed by atoms with E-state index in [4.69, 9.17) is 25.6 Å². The van der Waals surface area contributed by atoms with E-state index in [-0.39, 0.29) is 0 Å². The molecule has 0 atom stereocenters. The zero-order valence-corrected chi connectivity index (χ0v) is 25.5. The normalized spacial score (nSPS) is 14.6. The van der Waals surface area contributed by atoms with Crippen LogP contribution >= 0.6 is 0 Å². The molecule has 0 aliphatic rings. The van der Waals surface area contributed by atoms with Crippen LogP contribution in [0.15, 0.2) is 0 Å². The first kappa shape index (κ1) is 28.8. The summed E-state index contributed by atoms with van der Waals surface area (Å²) in [7, 11) is -11.4. The van der Waals surface area contributed by atoms with Crippen LogP contribution in [-0.2, 0) is 25.6 Å². The van der Waals surface area contributed by atoms with Crippen LogP contribution in [-0.4, -0.2) is 62.4 Å². The van der Waals surface area contributed by atoms with Crippen LogP contribution in [0.25, 0.3) is 0 Å². The summed E-state index contributed by atoms with van der Waals surface area (Å²) in [5, 5.41) is 0. The molecular formula is C17H46O6Si5. The maximum absolute atomic E-state index is 6.77. The molecule has 0 amide bonds. The van der Waals surface area contributed by atoms with Gasteiger partial charge in [-0.25, -0.2) is 0 Å². The van der Waals surface area contributed by atoms with Gasteiger partial charge in [-0.3, -0.25) is 0 Å². The molecule has 170 valence electrons. The topological polar surface area (TPSA) is 55.4 Å². The van der Waals surface area contributed by atoms with E-state index in [2.05, 4.69) is 58.9 Å². The third-order valence-corrected chi connectivity index (χ3v) is 18.7. The van der Waals surface area contributed by atoms with Crippen molar-refractivity contribution in [3.05, 3.63) is 0 Å². The summed E-state index contributed by atoms with van der Waals surface area (Å²) in [6.07, 6.45) is 0. The molecule has 0 aromatic carbocycles. The summed E-state index contributed by atoms with van der Waals surface area (Å²) in [6, 6.07) is 1.34. The summed E-state index contributed by atoms with van der Waals surface area (Å²) in [4.78, 5) is 0. The highest BCUT2D eigenvalue weighted by Crippen LogP contribution is 2.33. The first-order valence-corrected chi connectivity index (χ1v) is 24.6. The molecule has 0 saturated heterocycles. The third kappa shape index (κ3) is 12.5. The lowest BCUT2D eigenvalue weighted by Gasteiger charge is -2.43. The van der Waals surface area contributed by atoms with Crippen LogP contribution in [0.5, 0.6) is 0 Å². The second-order valence-corrected chi connectivity index (χ2v) is 29.5. The molecule has 0 fully saturated rings. The molecule has 11 heteroatoms. The summed E-state index contributed by atoms with van der Waals surface area (Å²) in [5.41, 5.74) is 0. The fraction of sp³-hybridized carbons (Fsp3) is 1.00. The fourth-order valence-corrected chi connectivity index (χ4v) is 21.4. The van der Waals surface area contributed by atoms with Gasteiger partial charge in [0, 0.05) is 31.9 Å². The Balaban J connectivity index is 5.96. The van der Waals surface area contributed by atoms with E-state index in [1.807, 2.05) is 20.8 Å². The van der Waals surface area contributed by atoms with Crippen LogP contribution in [0.4, 0.5) is 0 Å². The Labute approximate surface area is 179 Å². The molecule has 0 rings (SSSR count). The molecule has 28 heavy (non-hydrogen) atoms. The van der Waals surface area contributed by atoms with Crippen LogP contribution < -0.4 is 0 Å². The van der Waals surface area contributed by atoms with E-state index in [9.17, 15) is 0 Å². The highest BCUT2D eigenvalue weighted by Gasteiger charge is 2.53. The standard InChI is InChI=1S/C17H46O6Si5/c1-13-18-27(19-14-2,20-15-3)16-17-28(21-24(4,5)6,22-25(7,8)9)23-26(10,11)12/h13-17H2,1-12H3. The van der Waals surface area contributed by atoms with E-state index in [1.165, 1.54) is 0 Å². The molecule has 0 aliphatic carbocycles. The number of hydrogen-bond acceptors (Lipinski definition) is 6. The molecule has 0 N–H and O–H groups in total. The molecular weight excluding hydrogens is 441 g/mol. The maximum Gasteiger partial charge on any atom is 0.500 e. The zero-order valence-electron chi connectivity index (χ0n) is 20.5. The van der Waals surface area contributed by atoms with Crippen molar-refractivity contribution < 1.29 is 25.6 Å². The molecule has 0 heterocycles. The molecule has 0 aliphatic heterocycles. The zero-order chi connectivity index (χ0) is 22.3. The summed E-state index contributed by atoms with van der Waals surface area (Å²) in [5.74, 6) is 0. The van der Waals surface area contributed by atoms with Gasteiger partial charge < -0.3 is 25.6 Å². The largest absolute Gasteiger partial charge is 0.500 e. The van der Waals surface area contributed by atoms with E-state index < -0.39 is 42.6 Å². The molecule has 0 radical (unpaired) electrons. The predicted molar refractivity (Wildman–Crippen MR) is 129 cm³/mol. The van der Waals surface area contributed by atoms with Gasteiger partial charge >= 0.3 is 17.6 Å². The molecule has 0 aromatic rings. The van der Waals surface area contributed by atoms with Gasteiger partial charge in [0.05, 0.1) is 0 Å². The van der Waals surface area contributed by atoms with E-state index in [0.29, 0.717) is 31.9 Å². The summed E-state index contributed by atoms with van der Waals surface area (Å²) < 4.78 is 38.5. The highest BCUT2D eigenvalue weighted by atomic mass is 28.5. The van der Waals surface area contributed by atoms with Crippen molar-refractivity contribution in [1.29, 1.82) is 0 Å². The quantitative estimate of drug-likeness (QED) is 0.284. The average Bonchev–Trinajstić information content (AvgIpc) is 2.40. The van der Waals surface area contributed by atoms with Crippen LogP contribution in [0.2, 0.25) is 71.0 Å². The Morgan fingerprint density at radius 3 is 0.893 bits per heavy atom. The minimum atomic E-state index is -2.92. The minimum Gasteiger partial charge on any atom is -0.417 e. The average molecular weight is 487 g/mol. The molecule has 0 bridgehead atoms. The van der Waals surface area contributed by atoms with Gasteiger partial charge in [-0.05, 0) is 79.7 Å². The SMILES string of the molecule is CCO[Si](CC[Si](O[Si](C)(C)C)(O[Si](C)(C)C)O[Si](C)(C)C)(OCC)OCC. The van der Waals surface area contributed by atoms with Crippen LogP contribution in [0.1, 0.15) is 20.8 Å². The van der Waals surface area contributed by atoms with Gasteiger partial charge in [-0.1, -0.05) is 0 Å². The lowest BCUT2D eigenvalue weighted by molar-refractivity contribution is 0.0713. The van der Waals surface area contributed by atoms with E-state index >= 15 is 0 Å². The van der Waals surface area contributed by atoms with Crippen LogP contribution in [0.3, 0.4) is 0 Å². The lowest BCUT2D eigenvalue weighted by Crippen LogP contribution is -2.61. The van der Waals surface area contributed by atoms with Gasteiger partial charge in [-0.2, -0.15) is 0 Å². The summed E-state index contributed by atoms with van der Waals surface area (Å²) in [6.45, 7) is 27.5. The van der Waals surface area contributed by atoms with Gasteiger partial charge in [0.1, 0.15) is 0 Å². The van der Waals surface area contributed by atoms with Gasteiger partial charge in [0.2, 0.25) is 0 Å². The monoisotopic (exact) mass is 486 g/mol. The molecule has 6 nitrogen and oxygen atoms in total. The van der Waals surface area contributed by atoms with E-state index in [0.717, 1.165) is 0 Å². The Bertz CT molecular complexity index is 387. The Kier molecular flexibility index (Phi) is 11.8. The van der Waals surface area contributed by atoms with Crippen molar-refractivity contribution >= 4 is 42.6 Å². The predicted octanol–water partition coefficient (Wildman–Crippen LogP) is 5.53. The second-order valence-electron chi connectivity index (χ2n) is 9.81. The number of hydrogen-bond donors (Lipinski definition) is 0. The number of rotatable bonds is 15. The van der Waals surface area contributed by atoms with Crippen molar-refractivity contribution in [1.82, 2.24) is 0 Å². The highest BCUT2D eigenvalue weighted by molar-refractivity contribution is 6.90. The van der Waals surface area contributed by atoms with Crippen molar-refractivity contribution in [2.24, 2.45) is 0 Å². The van der Waals surface area contributed by atoms with E-state index in [1.54, 1.807) is 0 Å². The van der Waals surface area contributed by atoms with Crippen molar-refractivity contribution in [3.8, 4) is 0 Å². The van der Waals surface area contributed by atoms with Crippen molar-refractivity contribution in [3.63, 3.8) is 0 Å². The fourth-order valence-electron chi connectivity index (χ4n) is 2.92. The minimum absolute atomic E-state index is 0.569. The molecule has 0 saturated carbocycles. The lowest BCUT2D eigenvalue weighted by atomic mass is 10.9. The van der Waals surface area contributed by atoms with Gasteiger partial charge in [0.25, 0.3) is 0 Å². The Hall–Kier alpha value is 0.844.